The molecular weight excluding hydrogens is 208 g/mol. The summed E-state index contributed by atoms with van der Waals surface area (Å²) in [6.07, 6.45) is 2.58. The highest BCUT2D eigenvalue weighted by Crippen LogP contribution is 2.19. The second kappa shape index (κ2) is 3.86. The van der Waals surface area contributed by atoms with E-state index < -0.39 is 0 Å². The number of fused-ring (bicyclic) bond motifs is 1. The smallest absolute Gasteiger partial charge is 0.211 e. The lowest BCUT2D eigenvalue weighted by atomic mass is 9.94. The molecule has 0 amide bonds. The molecule has 1 aliphatic carbocycles. The maximum atomic E-state index is 11.8. The van der Waals surface area contributed by atoms with Gasteiger partial charge < -0.3 is 10.4 Å². The molecule has 5 heteroatoms. The van der Waals surface area contributed by atoms with Crippen LogP contribution in [0.5, 0.6) is 0 Å². The molecule has 82 valence electrons. The van der Waals surface area contributed by atoms with Crippen LogP contribution in [0, 0.1) is 0 Å². The molecule has 1 aromatic rings. The molecule has 0 unspecified atom stereocenters. The van der Waals surface area contributed by atoms with E-state index in [4.69, 9.17) is 5.11 Å². The van der Waals surface area contributed by atoms with Crippen LogP contribution in [0.4, 0.5) is 0 Å². The number of likely N-dealkylation sites (N-methyl/N-ethyl adjacent to an activating group) is 1. The summed E-state index contributed by atoms with van der Waals surface area (Å²) in [4.78, 5) is 27.4. The summed E-state index contributed by atoms with van der Waals surface area (Å²) < 4.78 is 0. The van der Waals surface area contributed by atoms with Crippen LogP contribution in [0.2, 0.25) is 0 Å². The van der Waals surface area contributed by atoms with Crippen LogP contribution in [-0.4, -0.2) is 28.7 Å². The van der Waals surface area contributed by atoms with Gasteiger partial charge in [0.05, 0.1) is 23.6 Å². The van der Waals surface area contributed by atoms with Crippen molar-refractivity contribution in [3.05, 3.63) is 40.9 Å². The van der Waals surface area contributed by atoms with Crippen LogP contribution in [0.25, 0.3) is 0 Å². The van der Waals surface area contributed by atoms with E-state index in [2.05, 4.69) is 10.3 Å². The van der Waals surface area contributed by atoms with Gasteiger partial charge >= 0.3 is 0 Å². The van der Waals surface area contributed by atoms with Crippen LogP contribution < -0.4 is 5.32 Å². The minimum absolute atomic E-state index is 0.253. The largest absolute Gasteiger partial charge is 0.390 e. The third kappa shape index (κ3) is 1.51. The summed E-state index contributed by atoms with van der Waals surface area (Å²) in [7, 11) is 1.58. The van der Waals surface area contributed by atoms with Crippen molar-refractivity contribution in [2.45, 2.75) is 6.61 Å². The SMILES string of the molecule is CNC1=CC(=O)c2cc(CO)ncc2C1=O. The van der Waals surface area contributed by atoms with Gasteiger partial charge in [0.15, 0.2) is 5.78 Å². The van der Waals surface area contributed by atoms with E-state index in [0.29, 0.717) is 11.3 Å². The van der Waals surface area contributed by atoms with E-state index in [-0.39, 0.29) is 29.4 Å². The summed E-state index contributed by atoms with van der Waals surface area (Å²) >= 11 is 0. The van der Waals surface area contributed by atoms with E-state index in [1.165, 1.54) is 18.3 Å². The van der Waals surface area contributed by atoms with Gasteiger partial charge in [-0.05, 0) is 6.07 Å². The van der Waals surface area contributed by atoms with Crippen molar-refractivity contribution >= 4 is 11.6 Å². The van der Waals surface area contributed by atoms with Crippen molar-refractivity contribution in [1.29, 1.82) is 0 Å². The fourth-order valence-electron chi connectivity index (χ4n) is 1.58. The molecule has 0 radical (unpaired) electrons. The Labute approximate surface area is 91.8 Å². The Bertz CT molecular complexity index is 506. The fraction of sp³-hybridized carbons (Fsp3) is 0.182. The van der Waals surface area contributed by atoms with Crippen molar-refractivity contribution < 1.29 is 14.7 Å². The second-order valence-corrected chi connectivity index (χ2v) is 3.38. The first-order valence-electron chi connectivity index (χ1n) is 4.75. The van der Waals surface area contributed by atoms with E-state index in [1.54, 1.807) is 7.05 Å². The molecule has 0 aliphatic heterocycles. The summed E-state index contributed by atoms with van der Waals surface area (Å²) in [5.41, 5.74) is 1.20. The van der Waals surface area contributed by atoms with Gasteiger partial charge in [0.25, 0.3) is 0 Å². The molecule has 0 atom stereocenters. The number of aliphatic hydroxyl groups excluding tert-OH is 1. The summed E-state index contributed by atoms with van der Waals surface area (Å²) in [5, 5.41) is 11.6. The van der Waals surface area contributed by atoms with Crippen molar-refractivity contribution in [2.75, 3.05) is 7.05 Å². The van der Waals surface area contributed by atoms with Crippen LogP contribution >= 0.6 is 0 Å². The van der Waals surface area contributed by atoms with Gasteiger partial charge in [-0.3, -0.25) is 14.6 Å². The second-order valence-electron chi connectivity index (χ2n) is 3.38. The molecule has 0 saturated carbocycles. The molecule has 1 aliphatic rings. The number of pyridine rings is 1. The zero-order chi connectivity index (χ0) is 11.7. The maximum Gasteiger partial charge on any atom is 0.211 e. The van der Waals surface area contributed by atoms with Crippen molar-refractivity contribution in [3.63, 3.8) is 0 Å². The average Bonchev–Trinajstić information content (AvgIpc) is 2.33. The third-order valence-electron chi connectivity index (χ3n) is 2.42. The Balaban J connectivity index is 2.56. The van der Waals surface area contributed by atoms with Crippen molar-refractivity contribution in [2.24, 2.45) is 0 Å². The lowest BCUT2D eigenvalue weighted by Gasteiger charge is -2.14. The van der Waals surface area contributed by atoms with Gasteiger partial charge in [0, 0.05) is 24.9 Å². The van der Waals surface area contributed by atoms with Gasteiger partial charge in [-0.25, -0.2) is 0 Å². The predicted molar refractivity (Wildman–Crippen MR) is 56.0 cm³/mol. The first-order valence-corrected chi connectivity index (χ1v) is 4.75. The van der Waals surface area contributed by atoms with Crippen LogP contribution in [0.1, 0.15) is 26.4 Å². The number of rotatable bonds is 2. The Morgan fingerprint density at radius 2 is 2.12 bits per heavy atom. The number of nitrogens with one attached hydrogen (secondary N) is 1. The highest BCUT2D eigenvalue weighted by Gasteiger charge is 2.25. The molecule has 0 bridgehead atoms. The number of hydrogen-bond donors (Lipinski definition) is 2. The van der Waals surface area contributed by atoms with E-state index >= 15 is 0 Å². The van der Waals surface area contributed by atoms with Gasteiger partial charge in [-0.15, -0.1) is 0 Å². The zero-order valence-electron chi connectivity index (χ0n) is 8.65. The summed E-state index contributed by atoms with van der Waals surface area (Å²) in [5.74, 6) is -0.509. The number of ketones is 2. The van der Waals surface area contributed by atoms with Gasteiger partial charge in [0.1, 0.15) is 0 Å². The number of aliphatic hydroxyl groups is 1. The highest BCUT2D eigenvalue weighted by molar-refractivity contribution is 6.24. The molecule has 16 heavy (non-hydrogen) atoms. The molecule has 5 nitrogen and oxygen atoms in total. The van der Waals surface area contributed by atoms with Crippen molar-refractivity contribution in [1.82, 2.24) is 10.3 Å². The summed E-state index contributed by atoms with van der Waals surface area (Å²) in [6.45, 7) is -0.253. The molecule has 1 heterocycles. The Morgan fingerprint density at radius 3 is 2.75 bits per heavy atom. The van der Waals surface area contributed by atoms with Crippen LogP contribution in [0.3, 0.4) is 0 Å². The summed E-state index contributed by atoms with van der Waals surface area (Å²) in [6, 6.07) is 1.44. The number of hydrogen-bond acceptors (Lipinski definition) is 5. The van der Waals surface area contributed by atoms with Gasteiger partial charge in [0.2, 0.25) is 5.78 Å². The molecule has 1 aromatic heterocycles. The Hall–Kier alpha value is -2.01. The Morgan fingerprint density at radius 1 is 1.38 bits per heavy atom. The zero-order valence-corrected chi connectivity index (χ0v) is 8.65. The number of allylic oxidation sites excluding steroid dienone is 2. The van der Waals surface area contributed by atoms with E-state index in [0.717, 1.165) is 0 Å². The van der Waals surface area contributed by atoms with Gasteiger partial charge in [-0.2, -0.15) is 0 Å². The predicted octanol–water partition coefficient (Wildman–Crippen LogP) is 0.0562. The minimum atomic E-state index is -0.255. The average molecular weight is 218 g/mol. The maximum absolute atomic E-state index is 11.8. The topological polar surface area (TPSA) is 79.3 Å². The van der Waals surface area contributed by atoms with Crippen LogP contribution in [-0.2, 0) is 6.61 Å². The Kier molecular flexibility index (Phi) is 2.54. The molecule has 0 spiro atoms. The molecule has 0 aromatic carbocycles. The number of Topliss-reactive ketones (excluding diaryl/α,β-unsaturated/α-hetero) is 1. The highest BCUT2D eigenvalue weighted by atomic mass is 16.3. The van der Waals surface area contributed by atoms with Gasteiger partial charge in [-0.1, -0.05) is 0 Å². The van der Waals surface area contributed by atoms with E-state index in [1.807, 2.05) is 0 Å². The lowest BCUT2D eigenvalue weighted by molar-refractivity contribution is 0.0978. The quantitative estimate of drug-likeness (QED) is 0.733. The molecule has 2 rings (SSSR count). The molecule has 2 N–H and O–H groups in total. The first-order chi connectivity index (χ1) is 7.67. The van der Waals surface area contributed by atoms with Crippen molar-refractivity contribution in [3.8, 4) is 0 Å². The third-order valence-corrected chi connectivity index (χ3v) is 2.42. The molecular formula is C11H10N2O3. The minimum Gasteiger partial charge on any atom is -0.390 e. The first kappa shape index (κ1) is 10.5. The number of nitrogens with zero attached hydrogens (tertiary/aromatic N) is 1. The molecule has 0 fully saturated rings. The monoisotopic (exact) mass is 218 g/mol. The van der Waals surface area contributed by atoms with Crippen LogP contribution in [0.15, 0.2) is 24.0 Å². The number of carbonyl (C=O) groups excluding carboxylic acids is 2. The van der Waals surface area contributed by atoms with E-state index in [9.17, 15) is 9.59 Å². The fourth-order valence-corrected chi connectivity index (χ4v) is 1.58. The normalized spacial score (nSPS) is 14.5. The number of aromatic nitrogens is 1. The lowest BCUT2D eigenvalue weighted by Crippen LogP contribution is -2.24. The number of carbonyl (C=O) groups is 2. The molecule has 0 saturated heterocycles. The standard InChI is InChI=1S/C11H10N2O3/c1-12-9-3-10(15)7-2-6(5-14)13-4-8(7)11(9)16/h2-4,12,14H,5H2,1H3.